The fourth-order valence-electron chi connectivity index (χ4n) is 2.80. The van der Waals surface area contributed by atoms with E-state index in [1.54, 1.807) is 19.4 Å². The van der Waals surface area contributed by atoms with Gasteiger partial charge in [0, 0.05) is 43.4 Å². The zero-order chi connectivity index (χ0) is 17.6. The molecule has 1 aliphatic heterocycles. The Labute approximate surface area is 147 Å². The predicted molar refractivity (Wildman–Crippen MR) is 96.2 cm³/mol. The summed E-state index contributed by atoms with van der Waals surface area (Å²) in [6, 6.07) is 11.1. The van der Waals surface area contributed by atoms with Crippen LogP contribution in [0.5, 0.6) is 11.5 Å². The summed E-state index contributed by atoms with van der Waals surface area (Å²) < 4.78 is 11.1. The van der Waals surface area contributed by atoms with E-state index in [0.29, 0.717) is 13.1 Å². The van der Waals surface area contributed by atoms with Crippen molar-refractivity contribution in [3.8, 4) is 11.5 Å². The van der Waals surface area contributed by atoms with Crippen molar-refractivity contribution in [1.29, 1.82) is 0 Å². The van der Waals surface area contributed by atoms with Crippen LogP contribution in [0.1, 0.15) is 18.5 Å². The molecule has 1 saturated heterocycles. The molecule has 2 aromatic rings. The highest BCUT2D eigenvalue weighted by atomic mass is 16.5. The van der Waals surface area contributed by atoms with Gasteiger partial charge < -0.3 is 19.7 Å². The molecule has 1 aromatic heterocycles. The summed E-state index contributed by atoms with van der Waals surface area (Å²) in [7, 11) is 1.61. The fraction of sp³-hybridized carbons (Fsp3) is 0.368. The Bertz CT molecular complexity index is 710. The van der Waals surface area contributed by atoms with Crippen molar-refractivity contribution in [2.24, 2.45) is 0 Å². The van der Waals surface area contributed by atoms with Gasteiger partial charge in [-0.15, -0.1) is 0 Å². The monoisotopic (exact) mass is 341 g/mol. The Hall–Kier alpha value is -2.76. The van der Waals surface area contributed by atoms with Crippen LogP contribution >= 0.6 is 0 Å². The van der Waals surface area contributed by atoms with Crippen LogP contribution in [-0.4, -0.2) is 42.2 Å². The highest BCUT2D eigenvalue weighted by Crippen LogP contribution is 2.20. The molecule has 0 radical (unpaired) electrons. The largest absolute Gasteiger partial charge is 0.497 e. The molecule has 132 valence electrons. The van der Waals surface area contributed by atoms with Gasteiger partial charge in [0.1, 0.15) is 17.6 Å². The normalized spacial score (nSPS) is 14.9. The fourth-order valence-corrected chi connectivity index (χ4v) is 2.80. The predicted octanol–water partition coefficient (Wildman–Crippen LogP) is 3.47. The highest BCUT2D eigenvalue weighted by molar-refractivity contribution is 5.89. The second kappa shape index (κ2) is 7.88. The van der Waals surface area contributed by atoms with Gasteiger partial charge >= 0.3 is 6.03 Å². The number of pyridine rings is 1. The number of aryl methyl sites for hydroxylation is 1. The maximum Gasteiger partial charge on any atom is 0.321 e. The third-order valence-corrected chi connectivity index (χ3v) is 4.24. The van der Waals surface area contributed by atoms with Crippen LogP contribution in [0, 0.1) is 6.92 Å². The number of carbonyl (C=O) groups is 1. The number of hydrogen-bond acceptors (Lipinski definition) is 4. The van der Waals surface area contributed by atoms with Crippen LogP contribution in [0.25, 0.3) is 0 Å². The third kappa shape index (κ3) is 4.62. The van der Waals surface area contributed by atoms with Crippen molar-refractivity contribution >= 4 is 11.7 Å². The smallest absolute Gasteiger partial charge is 0.321 e. The number of rotatable bonds is 4. The van der Waals surface area contributed by atoms with E-state index in [0.717, 1.165) is 35.7 Å². The summed E-state index contributed by atoms with van der Waals surface area (Å²) in [5.74, 6) is 1.50. The number of benzene rings is 1. The molecule has 1 aliphatic rings. The maximum atomic E-state index is 12.4. The summed E-state index contributed by atoms with van der Waals surface area (Å²) in [5.41, 5.74) is 1.70. The Morgan fingerprint density at radius 3 is 2.68 bits per heavy atom. The molecule has 1 aromatic carbocycles. The van der Waals surface area contributed by atoms with Crippen molar-refractivity contribution in [3.63, 3.8) is 0 Å². The third-order valence-electron chi connectivity index (χ3n) is 4.24. The lowest BCUT2D eigenvalue weighted by Crippen LogP contribution is -2.43. The van der Waals surface area contributed by atoms with Gasteiger partial charge in [-0.3, -0.25) is 4.98 Å². The molecule has 0 saturated carbocycles. The molecule has 25 heavy (non-hydrogen) atoms. The first-order chi connectivity index (χ1) is 12.1. The first kappa shape index (κ1) is 17.1. The van der Waals surface area contributed by atoms with Gasteiger partial charge in [-0.25, -0.2) is 4.79 Å². The summed E-state index contributed by atoms with van der Waals surface area (Å²) in [6.07, 6.45) is 3.47. The van der Waals surface area contributed by atoms with E-state index in [9.17, 15) is 4.79 Å². The Kier molecular flexibility index (Phi) is 5.38. The van der Waals surface area contributed by atoms with Crippen molar-refractivity contribution in [2.45, 2.75) is 25.9 Å². The van der Waals surface area contributed by atoms with E-state index in [4.69, 9.17) is 9.47 Å². The molecule has 0 unspecified atom stereocenters. The van der Waals surface area contributed by atoms with Gasteiger partial charge in [-0.05, 0) is 31.2 Å². The van der Waals surface area contributed by atoms with Crippen molar-refractivity contribution < 1.29 is 14.3 Å². The first-order valence-electron chi connectivity index (χ1n) is 8.43. The van der Waals surface area contributed by atoms with E-state index < -0.39 is 0 Å². The molecular formula is C19H23N3O3. The summed E-state index contributed by atoms with van der Waals surface area (Å²) in [6.45, 7) is 3.28. The number of urea groups is 1. The molecule has 0 spiro atoms. The standard InChI is InChI=1S/C19H23N3O3/c1-14-6-7-18(13-20-14)25-16-8-10-22(11-9-16)19(23)21-15-4-3-5-17(12-15)24-2/h3-7,12-13,16H,8-11H2,1-2H3,(H,21,23). The van der Waals surface area contributed by atoms with Gasteiger partial charge in [-0.2, -0.15) is 0 Å². The zero-order valence-corrected chi connectivity index (χ0v) is 14.6. The second-order valence-electron chi connectivity index (χ2n) is 6.10. The van der Waals surface area contributed by atoms with E-state index in [2.05, 4.69) is 10.3 Å². The highest BCUT2D eigenvalue weighted by Gasteiger charge is 2.24. The number of methoxy groups -OCH3 is 1. The number of piperidine rings is 1. The summed E-state index contributed by atoms with van der Waals surface area (Å²) in [4.78, 5) is 18.4. The molecule has 1 fully saturated rings. The topological polar surface area (TPSA) is 63.7 Å². The molecular weight excluding hydrogens is 318 g/mol. The number of nitrogens with one attached hydrogen (secondary N) is 1. The summed E-state index contributed by atoms with van der Waals surface area (Å²) in [5, 5.41) is 2.91. The molecule has 0 atom stereocenters. The molecule has 3 rings (SSSR count). The Balaban J connectivity index is 1.49. The number of anilines is 1. The molecule has 0 aliphatic carbocycles. The van der Waals surface area contributed by atoms with Crippen molar-refractivity contribution in [1.82, 2.24) is 9.88 Å². The average molecular weight is 341 g/mol. The average Bonchev–Trinajstić information content (AvgIpc) is 2.64. The quantitative estimate of drug-likeness (QED) is 0.925. The minimum absolute atomic E-state index is 0.0938. The molecule has 6 heteroatoms. The minimum Gasteiger partial charge on any atom is -0.497 e. The van der Waals surface area contributed by atoms with E-state index >= 15 is 0 Å². The van der Waals surface area contributed by atoms with Crippen LogP contribution in [0.4, 0.5) is 10.5 Å². The van der Waals surface area contributed by atoms with Crippen LogP contribution in [0.15, 0.2) is 42.6 Å². The number of hydrogen-bond donors (Lipinski definition) is 1. The molecule has 0 bridgehead atoms. The van der Waals surface area contributed by atoms with E-state index in [1.165, 1.54) is 0 Å². The lowest BCUT2D eigenvalue weighted by molar-refractivity contribution is 0.115. The number of aromatic nitrogens is 1. The van der Waals surface area contributed by atoms with Gasteiger partial charge in [0.15, 0.2) is 0 Å². The van der Waals surface area contributed by atoms with Crippen molar-refractivity contribution in [2.75, 3.05) is 25.5 Å². The Morgan fingerprint density at radius 1 is 1.20 bits per heavy atom. The van der Waals surface area contributed by atoms with Crippen LogP contribution in [0.2, 0.25) is 0 Å². The molecule has 6 nitrogen and oxygen atoms in total. The van der Waals surface area contributed by atoms with Gasteiger partial charge in [0.25, 0.3) is 0 Å². The summed E-state index contributed by atoms with van der Waals surface area (Å²) >= 11 is 0. The number of nitrogens with zero attached hydrogens (tertiary/aromatic N) is 2. The molecule has 1 N–H and O–H groups in total. The minimum atomic E-state index is -0.0938. The lowest BCUT2D eigenvalue weighted by atomic mass is 10.1. The van der Waals surface area contributed by atoms with Crippen molar-refractivity contribution in [3.05, 3.63) is 48.3 Å². The number of carbonyl (C=O) groups excluding carboxylic acids is 1. The second-order valence-corrected chi connectivity index (χ2v) is 6.10. The molecule has 2 amide bonds. The van der Waals surface area contributed by atoms with Gasteiger partial charge in [0.2, 0.25) is 0 Å². The SMILES string of the molecule is COc1cccc(NC(=O)N2CCC(Oc3ccc(C)nc3)CC2)c1. The maximum absolute atomic E-state index is 12.4. The van der Waals surface area contributed by atoms with Crippen LogP contribution in [-0.2, 0) is 0 Å². The lowest BCUT2D eigenvalue weighted by Gasteiger charge is -2.32. The first-order valence-corrected chi connectivity index (χ1v) is 8.43. The van der Waals surface area contributed by atoms with Gasteiger partial charge in [0.05, 0.1) is 13.3 Å². The van der Waals surface area contributed by atoms with E-state index in [1.807, 2.05) is 42.2 Å². The van der Waals surface area contributed by atoms with Crippen LogP contribution < -0.4 is 14.8 Å². The zero-order valence-electron chi connectivity index (χ0n) is 14.6. The number of ether oxygens (including phenoxy) is 2. The number of likely N-dealkylation sites (tertiary alicyclic amines) is 1. The van der Waals surface area contributed by atoms with E-state index in [-0.39, 0.29) is 12.1 Å². The Morgan fingerprint density at radius 2 is 2.00 bits per heavy atom. The molecule has 2 heterocycles. The number of amides is 2. The van der Waals surface area contributed by atoms with Crippen LogP contribution in [0.3, 0.4) is 0 Å². The van der Waals surface area contributed by atoms with Gasteiger partial charge in [-0.1, -0.05) is 6.07 Å².